The molecule has 3 rings (SSSR count). The fraction of sp³-hybridized carbons (Fsp3) is 0.364. The van der Waals surface area contributed by atoms with Crippen LogP contribution in [0.1, 0.15) is 30.9 Å². The number of carbonyl (C=O) groups excluding carboxylic acids is 1. The number of carbonyl (C=O) groups is 1. The van der Waals surface area contributed by atoms with Crippen molar-refractivity contribution in [1.29, 1.82) is 0 Å². The number of benzene rings is 2. The Labute approximate surface area is 187 Å². The van der Waals surface area contributed by atoms with Gasteiger partial charge < -0.3 is 20.9 Å². The molecule has 0 spiro atoms. The van der Waals surface area contributed by atoms with Crippen LogP contribution >= 0.6 is 23.2 Å². The van der Waals surface area contributed by atoms with E-state index in [0.717, 1.165) is 49.3 Å². The summed E-state index contributed by atoms with van der Waals surface area (Å²) in [5.74, 6) is 0.690. The maximum atomic E-state index is 12.3. The molecule has 1 aliphatic rings. The van der Waals surface area contributed by atoms with Crippen molar-refractivity contribution in [1.82, 2.24) is 15.5 Å². The number of aliphatic imine (C=N–C) groups is 1. The second-order valence-corrected chi connectivity index (χ2v) is 7.95. The number of likely N-dealkylation sites (tertiary alicyclic amines) is 1. The fourth-order valence-corrected chi connectivity index (χ4v) is 3.70. The van der Waals surface area contributed by atoms with Gasteiger partial charge in [0.05, 0.1) is 6.54 Å². The van der Waals surface area contributed by atoms with Crippen molar-refractivity contribution >= 4 is 40.9 Å². The van der Waals surface area contributed by atoms with Crippen molar-refractivity contribution in [2.24, 2.45) is 4.99 Å². The summed E-state index contributed by atoms with van der Waals surface area (Å²) in [5, 5.41) is 10.7. The Kier molecular flexibility index (Phi) is 8.22. The smallest absolute Gasteiger partial charge is 0.321 e. The van der Waals surface area contributed by atoms with E-state index < -0.39 is 0 Å². The lowest BCUT2D eigenvalue weighted by atomic mass is 10.2. The summed E-state index contributed by atoms with van der Waals surface area (Å²) in [6.07, 6.45) is 2.15. The van der Waals surface area contributed by atoms with Gasteiger partial charge in [0.15, 0.2) is 5.96 Å². The van der Waals surface area contributed by atoms with Gasteiger partial charge >= 0.3 is 6.03 Å². The summed E-state index contributed by atoms with van der Waals surface area (Å²) >= 11 is 12.2. The topological polar surface area (TPSA) is 68.8 Å². The third kappa shape index (κ3) is 6.54. The van der Waals surface area contributed by atoms with Crippen molar-refractivity contribution in [3.05, 3.63) is 63.6 Å². The Morgan fingerprint density at radius 3 is 2.63 bits per heavy atom. The van der Waals surface area contributed by atoms with Gasteiger partial charge in [-0.2, -0.15) is 0 Å². The molecule has 1 saturated heterocycles. The zero-order chi connectivity index (χ0) is 21.3. The van der Waals surface area contributed by atoms with Crippen molar-refractivity contribution in [3.63, 3.8) is 0 Å². The maximum absolute atomic E-state index is 12.3. The highest BCUT2D eigenvalue weighted by molar-refractivity contribution is 6.35. The standard InChI is InChI=1S/C22H27Cl2N5O/c1-2-25-21(27-15-17-8-9-18(23)13-20(17)24)26-14-16-6-5-7-19(12-16)28-22(30)29-10-3-4-11-29/h5-9,12-13H,2-4,10-11,14-15H2,1H3,(H,28,30)(H2,25,26,27). The summed E-state index contributed by atoms with van der Waals surface area (Å²) in [7, 11) is 0. The molecule has 6 nitrogen and oxygen atoms in total. The van der Waals surface area contributed by atoms with Gasteiger partial charge in [0, 0.05) is 41.9 Å². The van der Waals surface area contributed by atoms with Crippen molar-refractivity contribution in [3.8, 4) is 0 Å². The molecule has 0 aromatic heterocycles. The molecule has 0 unspecified atom stereocenters. The minimum absolute atomic E-state index is 0.0389. The van der Waals surface area contributed by atoms with E-state index >= 15 is 0 Å². The molecule has 0 atom stereocenters. The number of nitrogens with zero attached hydrogens (tertiary/aromatic N) is 2. The SMILES string of the molecule is CCNC(=NCc1cccc(NC(=O)N2CCCC2)c1)NCc1ccc(Cl)cc1Cl. The van der Waals surface area contributed by atoms with Crippen LogP contribution in [0.4, 0.5) is 10.5 Å². The van der Waals surface area contributed by atoms with Crippen LogP contribution in [0, 0.1) is 0 Å². The minimum atomic E-state index is -0.0389. The monoisotopic (exact) mass is 447 g/mol. The average Bonchev–Trinajstić information content (AvgIpc) is 3.26. The number of nitrogens with one attached hydrogen (secondary N) is 3. The highest BCUT2D eigenvalue weighted by Crippen LogP contribution is 2.20. The van der Waals surface area contributed by atoms with Gasteiger partial charge in [0.2, 0.25) is 0 Å². The van der Waals surface area contributed by atoms with E-state index in [1.165, 1.54) is 0 Å². The molecular formula is C22H27Cl2N5O. The highest BCUT2D eigenvalue weighted by atomic mass is 35.5. The Morgan fingerprint density at radius 2 is 1.90 bits per heavy atom. The quantitative estimate of drug-likeness (QED) is 0.436. The molecule has 8 heteroatoms. The Bertz CT molecular complexity index is 897. The first-order valence-electron chi connectivity index (χ1n) is 10.2. The van der Waals surface area contributed by atoms with Gasteiger partial charge in [0.25, 0.3) is 0 Å². The van der Waals surface area contributed by atoms with Crippen LogP contribution in [0.2, 0.25) is 10.0 Å². The third-order valence-corrected chi connectivity index (χ3v) is 5.38. The predicted molar refractivity (Wildman–Crippen MR) is 124 cm³/mol. The predicted octanol–water partition coefficient (Wildman–Crippen LogP) is 4.88. The molecule has 0 saturated carbocycles. The maximum Gasteiger partial charge on any atom is 0.321 e. The van der Waals surface area contributed by atoms with Crippen LogP contribution in [-0.2, 0) is 13.1 Å². The van der Waals surface area contributed by atoms with Crippen molar-refractivity contribution < 1.29 is 4.79 Å². The largest absolute Gasteiger partial charge is 0.357 e. The lowest BCUT2D eigenvalue weighted by molar-refractivity contribution is 0.222. The normalized spacial score (nSPS) is 14.0. The van der Waals surface area contributed by atoms with E-state index in [4.69, 9.17) is 23.2 Å². The highest BCUT2D eigenvalue weighted by Gasteiger charge is 2.17. The zero-order valence-corrected chi connectivity index (χ0v) is 18.6. The summed E-state index contributed by atoms with van der Waals surface area (Å²) in [6.45, 7) is 5.42. The Morgan fingerprint density at radius 1 is 1.10 bits per heavy atom. The van der Waals surface area contributed by atoms with Crippen LogP contribution in [0.3, 0.4) is 0 Å². The molecular weight excluding hydrogens is 421 g/mol. The molecule has 30 heavy (non-hydrogen) atoms. The third-order valence-electron chi connectivity index (χ3n) is 4.80. The van der Waals surface area contributed by atoms with Crippen LogP contribution in [0.25, 0.3) is 0 Å². The first kappa shape index (κ1) is 22.2. The molecule has 160 valence electrons. The fourth-order valence-electron chi connectivity index (χ4n) is 3.23. The van der Waals surface area contributed by atoms with Crippen LogP contribution < -0.4 is 16.0 Å². The number of anilines is 1. The minimum Gasteiger partial charge on any atom is -0.357 e. The second-order valence-electron chi connectivity index (χ2n) is 7.11. The molecule has 1 heterocycles. The number of hydrogen-bond donors (Lipinski definition) is 3. The van der Waals surface area contributed by atoms with E-state index in [2.05, 4.69) is 20.9 Å². The van der Waals surface area contributed by atoms with Gasteiger partial charge in [0.1, 0.15) is 0 Å². The second kappa shape index (κ2) is 11.1. The first-order valence-corrected chi connectivity index (χ1v) is 10.9. The van der Waals surface area contributed by atoms with Gasteiger partial charge in [-0.1, -0.05) is 41.4 Å². The van der Waals surface area contributed by atoms with E-state index in [0.29, 0.717) is 29.1 Å². The summed E-state index contributed by atoms with van der Waals surface area (Å²) < 4.78 is 0. The van der Waals surface area contributed by atoms with E-state index in [1.54, 1.807) is 6.07 Å². The number of halogens is 2. The van der Waals surface area contributed by atoms with Gasteiger partial charge in [-0.25, -0.2) is 9.79 Å². The molecule has 1 fully saturated rings. The Balaban J connectivity index is 1.60. The van der Waals surface area contributed by atoms with Crippen LogP contribution in [0.5, 0.6) is 0 Å². The number of hydrogen-bond acceptors (Lipinski definition) is 2. The molecule has 3 N–H and O–H groups in total. The van der Waals surface area contributed by atoms with Crippen molar-refractivity contribution in [2.45, 2.75) is 32.9 Å². The first-order chi connectivity index (χ1) is 14.5. The zero-order valence-electron chi connectivity index (χ0n) is 17.0. The summed E-state index contributed by atoms with van der Waals surface area (Å²) in [6, 6.07) is 13.2. The van der Waals surface area contributed by atoms with E-state index in [-0.39, 0.29) is 6.03 Å². The van der Waals surface area contributed by atoms with E-state index in [1.807, 2.05) is 48.2 Å². The summed E-state index contributed by atoms with van der Waals surface area (Å²) in [4.78, 5) is 18.8. The van der Waals surface area contributed by atoms with Gasteiger partial charge in [-0.3, -0.25) is 0 Å². The average molecular weight is 448 g/mol. The lowest BCUT2D eigenvalue weighted by Crippen LogP contribution is -2.36. The number of rotatable bonds is 6. The van der Waals surface area contributed by atoms with Gasteiger partial charge in [-0.15, -0.1) is 0 Å². The summed E-state index contributed by atoms with van der Waals surface area (Å²) in [5.41, 5.74) is 2.74. The lowest BCUT2D eigenvalue weighted by Gasteiger charge is -2.16. The van der Waals surface area contributed by atoms with Crippen LogP contribution in [-0.4, -0.2) is 36.5 Å². The molecule has 0 aliphatic carbocycles. The van der Waals surface area contributed by atoms with Gasteiger partial charge in [-0.05, 0) is 55.2 Å². The number of urea groups is 1. The molecule has 2 aromatic carbocycles. The molecule has 1 aliphatic heterocycles. The molecule has 2 aromatic rings. The molecule has 0 radical (unpaired) electrons. The number of amides is 2. The van der Waals surface area contributed by atoms with Crippen LogP contribution in [0.15, 0.2) is 47.5 Å². The number of guanidine groups is 1. The molecule has 0 bridgehead atoms. The van der Waals surface area contributed by atoms with E-state index in [9.17, 15) is 4.79 Å². The van der Waals surface area contributed by atoms with Crippen molar-refractivity contribution in [2.75, 3.05) is 25.0 Å². The Hall–Kier alpha value is -2.44. The molecule has 2 amide bonds.